The number of hydrogen-bond donors (Lipinski definition) is 0. The number of halogens is 2. The first-order chi connectivity index (χ1) is 15.0. The highest BCUT2D eigenvalue weighted by Crippen LogP contribution is 2.38. The lowest BCUT2D eigenvalue weighted by molar-refractivity contribution is -0.180. The van der Waals surface area contributed by atoms with Crippen molar-refractivity contribution in [2.45, 2.75) is 31.0 Å². The number of nitrogens with zero attached hydrogens (tertiary/aromatic N) is 3. The zero-order valence-electron chi connectivity index (χ0n) is 17.5. The third-order valence-corrected chi connectivity index (χ3v) is 6.01. The molecule has 3 heterocycles. The molecule has 31 heavy (non-hydrogen) atoms. The molecule has 0 radical (unpaired) electrons. The Kier molecular flexibility index (Phi) is 6.48. The zero-order chi connectivity index (χ0) is 21.8. The second-order valence-electron chi connectivity index (χ2n) is 8.14. The van der Waals surface area contributed by atoms with E-state index in [-0.39, 0.29) is 18.6 Å². The summed E-state index contributed by atoms with van der Waals surface area (Å²) in [6.07, 6.45) is -1.49. The molecule has 2 aliphatic heterocycles. The first-order valence-electron chi connectivity index (χ1n) is 10.5. The first kappa shape index (κ1) is 21.6. The lowest BCUT2D eigenvalue weighted by Gasteiger charge is -2.50. The van der Waals surface area contributed by atoms with Gasteiger partial charge in [0.2, 0.25) is 5.88 Å². The van der Waals surface area contributed by atoms with E-state index in [4.69, 9.17) is 9.47 Å². The minimum atomic E-state index is -2.40. The highest BCUT2D eigenvalue weighted by molar-refractivity contribution is 5.92. The number of methoxy groups -OCH3 is 1. The van der Waals surface area contributed by atoms with Gasteiger partial charge in [-0.3, -0.25) is 9.69 Å². The lowest BCUT2D eigenvalue weighted by atomic mass is 9.87. The van der Waals surface area contributed by atoms with Gasteiger partial charge in [0.25, 0.3) is 12.3 Å². The number of piperidine rings is 1. The third kappa shape index (κ3) is 5.02. The maximum atomic E-state index is 13.2. The van der Waals surface area contributed by atoms with E-state index in [1.54, 1.807) is 28.0 Å². The maximum Gasteiger partial charge on any atom is 0.272 e. The number of aromatic nitrogens is 1. The Hall–Kier alpha value is -2.58. The van der Waals surface area contributed by atoms with Gasteiger partial charge >= 0.3 is 0 Å². The zero-order valence-corrected chi connectivity index (χ0v) is 17.5. The van der Waals surface area contributed by atoms with Crippen LogP contribution >= 0.6 is 0 Å². The normalized spacial score (nSPS) is 21.4. The van der Waals surface area contributed by atoms with Crippen LogP contribution in [0.3, 0.4) is 0 Å². The summed E-state index contributed by atoms with van der Waals surface area (Å²) in [6, 6.07) is 14.8. The van der Waals surface area contributed by atoms with Crippen molar-refractivity contribution >= 4 is 5.91 Å². The topological polar surface area (TPSA) is 54.9 Å². The molecule has 2 saturated heterocycles. The summed E-state index contributed by atoms with van der Waals surface area (Å²) in [4.78, 5) is 20.7. The number of hydrogen-bond acceptors (Lipinski definition) is 5. The van der Waals surface area contributed by atoms with E-state index in [0.29, 0.717) is 50.6 Å². The number of pyridine rings is 1. The van der Waals surface area contributed by atoms with Gasteiger partial charge in [0.1, 0.15) is 5.69 Å². The Morgan fingerprint density at radius 2 is 1.94 bits per heavy atom. The fourth-order valence-electron chi connectivity index (χ4n) is 4.46. The van der Waals surface area contributed by atoms with Crippen molar-refractivity contribution in [1.82, 2.24) is 14.8 Å². The Labute approximate surface area is 180 Å². The fraction of sp³-hybridized carbons (Fsp3) is 0.478. The smallest absolute Gasteiger partial charge is 0.272 e. The molecular weight excluding hydrogens is 404 g/mol. The Bertz CT molecular complexity index is 889. The largest absolute Gasteiger partial charge is 0.481 e. The van der Waals surface area contributed by atoms with Crippen molar-refractivity contribution in [3.05, 3.63) is 59.8 Å². The molecule has 8 heteroatoms. The van der Waals surface area contributed by atoms with E-state index in [1.165, 1.54) is 7.11 Å². The molecule has 4 rings (SSSR count). The first-order valence-corrected chi connectivity index (χ1v) is 10.5. The van der Waals surface area contributed by atoms with Crippen LogP contribution in [0.1, 0.15) is 35.0 Å². The van der Waals surface area contributed by atoms with Gasteiger partial charge in [-0.05, 0) is 24.5 Å². The number of amides is 1. The number of alkyl halides is 2. The van der Waals surface area contributed by atoms with E-state index < -0.39 is 12.0 Å². The van der Waals surface area contributed by atoms with Crippen LogP contribution in [0.25, 0.3) is 0 Å². The molecule has 2 aliphatic rings. The summed E-state index contributed by atoms with van der Waals surface area (Å²) >= 11 is 0. The Balaban J connectivity index is 1.47. The number of ether oxygens (including phenoxy) is 2. The standard InChI is InChI=1S/C23H27F2N3O3/c1-30-21-9-5-8-18(26-21)22(29)28-12-10-23(11-13-28)16-27(15-20(24)25)14-19(31-23)17-6-3-2-4-7-17/h2-9,19-20H,10-16H2,1H3. The predicted molar refractivity (Wildman–Crippen MR) is 111 cm³/mol. The highest BCUT2D eigenvalue weighted by atomic mass is 19.3. The van der Waals surface area contributed by atoms with Crippen molar-refractivity contribution < 1.29 is 23.0 Å². The molecule has 166 valence electrons. The van der Waals surface area contributed by atoms with Crippen LogP contribution in [-0.4, -0.2) is 72.6 Å². The minimum Gasteiger partial charge on any atom is -0.481 e. The summed E-state index contributed by atoms with van der Waals surface area (Å²) < 4.78 is 38.0. The molecule has 0 bridgehead atoms. The molecule has 0 N–H and O–H groups in total. The van der Waals surface area contributed by atoms with Crippen molar-refractivity contribution in [3.8, 4) is 5.88 Å². The van der Waals surface area contributed by atoms with Crippen LogP contribution in [0, 0.1) is 0 Å². The van der Waals surface area contributed by atoms with Gasteiger partial charge in [0.05, 0.1) is 25.4 Å². The fourth-order valence-corrected chi connectivity index (χ4v) is 4.46. The van der Waals surface area contributed by atoms with Gasteiger partial charge in [-0.2, -0.15) is 0 Å². The van der Waals surface area contributed by atoms with Crippen molar-refractivity contribution in [2.75, 3.05) is 39.8 Å². The number of carbonyl (C=O) groups is 1. The van der Waals surface area contributed by atoms with E-state index in [0.717, 1.165) is 5.56 Å². The van der Waals surface area contributed by atoms with Crippen LogP contribution in [0.5, 0.6) is 5.88 Å². The Morgan fingerprint density at radius 3 is 2.61 bits per heavy atom. The summed E-state index contributed by atoms with van der Waals surface area (Å²) in [7, 11) is 1.51. The molecule has 0 aliphatic carbocycles. The SMILES string of the molecule is COc1cccc(C(=O)N2CCC3(CC2)CN(CC(F)F)CC(c2ccccc2)O3)n1. The number of carbonyl (C=O) groups excluding carboxylic acids is 1. The van der Waals surface area contributed by atoms with E-state index in [9.17, 15) is 13.6 Å². The summed E-state index contributed by atoms with van der Waals surface area (Å²) in [5, 5.41) is 0. The number of benzene rings is 1. The third-order valence-electron chi connectivity index (χ3n) is 6.01. The molecule has 2 aromatic rings. The molecule has 1 unspecified atom stereocenters. The van der Waals surface area contributed by atoms with Gasteiger partial charge in [-0.1, -0.05) is 36.4 Å². The molecule has 6 nitrogen and oxygen atoms in total. The van der Waals surface area contributed by atoms with Crippen molar-refractivity contribution in [3.63, 3.8) is 0 Å². The lowest BCUT2D eigenvalue weighted by Crippen LogP contribution is -2.58. The summed E-state index contributed by atoms with van der Waals surface area (Å²) in [5.41, 5.74) is 0.771. The van der Waals surface area contributed by atoms with Crippen molar-refractivity contribution in [1.29, 1.82) is 0 Å². The van der Waals surface area contributed by atoms with Gasteiger partial charge in [-0.25, -0.2) is 13.8 Å². The van der Waals surface area contributed by atoms with E-state index in [2.05, 4.69) is 4.98 Å². The predicted octanol–water partition coefficient (Wildman–Crippen LogP) is 3.40. The summed E-state index contributed by atoms with van der Waals surface area (Å²) in [6.45, 7) is 1.58. The second kappa shape index (κ2) is 9.28. The van der Waals surface area contributed by atoms with Crippen LogP contribution in [0.4, 0.5) is 8.78 Å². The molecule has 1 aromatic carbocycles. The van der Waals surface area contributed by atoms with Crippen LogP contribution in [0.15, 0.2) is 48.5 Å². The molecule has 0 saturated carbocycles. The molecule has 1 atom stereocenters. The molecule has 1 amide bonds. The average molecular weight is 431 g/mol. The second-order valence-corrected chi connectivity index (χ2v) is 8.14. The van der Waals surface area contributed by atoms with Gasteiger partial charge in [-0.15, -0.1) is 0 Å². The minimum absolute atomic E-state index is 0.159. The van der Waals surface area contributed by atoms with Crippen LogP contribution in [-0.2, 0) is 4.74 Å². The van der Waals surface area contributed by atoms with E-state index >= 15 is 0 Å². The molecule has 2 fully saturated rings. The average Bonchev–Trinajstić information content (AvgIpc) is 2.79. The molecule has 1 spiro atoms. The molecule has 1 aromatic heterocycles. The van der Waals surface area contributed by atoms with Gasteiger partial charge < -0.3 is 14.4 Å². The van der Waals surface area contributed by atoms with E-state index in [1.807, 2.05) is 30.3 Å². The van der Waals surface area contributed by atoms with Crippen molar-refractivity contribution in [2.24, 2.45) is 0 Å². The monoisotopic (exact) mass is 431 g/mol. The van der Waals surface area contributed by atoms with Gasteiger partial charge in [0, 0.05) is 32.2 Å². The summed E-state index contributed by atoms with van der Waals surface area (Å²) in [5.74, 6) is 0.233. The maximum absolute atomic E-state index is 13.2. The van der Waals surface area contributed by atoms with Gasteiger partial charge in [0.15, 0.2) is 0 Å². The number of likely N-dealkylation sites (tertiary alicyclic amines) is 1. The van der Waals surface area contributed by atoms with Crippen LogP contribution in [0.2, 0.25) is 0 Å². The Morgan fingerprint density at radius 1 is 1.19 bits per heavy atom. The number of morpholine rings is 1. The van der Waals surface area contributed by atoms with Crippen LogP contribution < -0.4 is 4.74 Å². The quantitative estimate of drug-likeness (QED) is 0.726. The number of rotatable bonds is 5. The molecular formula is C23H27F2N3O3. The highest BCUT2D eigenvalue weighted by Gasteiger charge is 2.44.